The summed E-state index contributed by atoms with van der Waals surface area (Å²) in [4.78, 5) is 12.8. The molecule has 0 saturated heterocycles. The van der Waals surface area contributed by atoms with Gasteiger partial charge < -0.3 is 14.8 Å². The highest BCUT2D eigenvalue weighted by Gasteiger charge is 2.07. The summed E-state index contributed by atoms with van der Waals surface area (Å²) in [5, 5.41) is 13.6. The standard InChI is InChI=1S/C18H15Cl2N3O3S/c19-12-3-5-15(13(20)10-12)26-11-17(24)21-7-8-25-18-6-4-14(22-23-18)16-2-1-9-27-16/h1-6,9-10H,7-8,11H2,(H,21,24). The fourth-order valence-electron chi connectivity index (χ4n) is 2.09. The molecule has 0 spiro atoms. The Kier molecular flexibility index (Phi) is 6.86. The van der Waals surface area contributed by atoms with E-state index in [1.807, 2.05) is 23.6 Å². The van der Waals surface area contributed by atoms with E-state index in [0.29, 0.717) is 28.2 Å². The minimum absolute atomic E-state index is 0.156. The zero-order valence-electron chi connectivity index (χ0n) is 14.0. The average Bonchev–Trinajstić information content (AvgIpc) is 3.20. The second-order valence-electron chi connectivity index (χ2n) is 5.30. The first-order valence-corrected chi connectivity index (χ1v) is 9.60. The molecule has 2 heterocycles. The first-order valence-electron chi connectivity index (χ1n) is 7.97. The van der Waals surface area contributed by atoms with Crippen LogP contribution in [-0.2, 0) is 4.79 Å². The van der Waals surface area contributed by atoms with Crippen molar-refractivity contribution in [3.8, 4) is 22.2 Å². The minimum atomic E-state index is -0.288. The number of nitrogens with one attached hydrogen (secondary N) is 1. The molecular formula is C18H15Cl2N3O3S. The molecule has 9 heteroatoms. The molecule has 0 aliphatic heterocycles. The van der Waals surface area contributed by atoms with Gasteiger partial charge in [0.2, 0.25) is 5.88 Å². The molecule has 140 valence electrons. The normalized spacial score (nSPS) is 10.4. The van der Waals surface area contributed by atoms with E-state index < -0.39 is 0 Å². The van der Waals surface area contributed by atoms with Crippen LogP contribution in [0.3, 0.4) is 0 Å². The molecule has 1 amide bonds. The van der Waals surface area contributed by atoms with Crippen LogP contribution >= 0.6 is 34.5 Å². The molecule has 27 heavy (non-hydrogen) atoms. The van der Waals surface area contributed by atoms with Gasteiger partial charge in [-0.25, -0.2) is 0 Å². The third-order valence-electron chi connectivity index (χ3n) is 3.34. The molecule has 6 nitrogen and oxygen atoms in total. The Morgan fingerprint density at radius 3 is 2.70 bits per heavy atom. The maximum absolute atomic E-state index is 11.8. The highest BCUT2D eigenvalue weighted by atomic mass is 35.5. The Hall–Kier alpha value is -2.35. The Morgan fingerprint density at radius 1 is 1.11 bits per heavy atom. The molecule has 2 aromatic heterocycles. The van der Waals surface area contributed by atoms with E-state index in [4.69, 9.17) is 32.7 Å². The van der Waals surface area contributed by atoms with Crippen LogP contribution in [0.4, 0.5) is 0 Å². The molecule has 0 saturated carbocycles. The van der Waals surface area contributed by atoms with Gasteiger partial charge in [-0.2, -0.15) is 0 Å². The quantitative estimate of drug-likeness (QED) is 0.552. The van der Waals surface area contributed by atoms with Crippen molar-refractivity contribution in [1.29, 1.82) is 0 Å². The Morgan fingerprint density at radius 2 is 2.00 bits per heavy atom. The van der Waals surface area contributed by atoms with Crippen LogP contribution in [0.25, 0.3) is 10.6 Å². The number of carbonyl (C=O) groups is 1. The summed E-state index contributed by atoms with van der Waals surface area (Å²) in [6, 6.07) is 12.3. The Labute approximate surface area is 170 Å². The summed E-state index contributed by atoms with van der Waals surface area (Å²) in [7, 11) is 0. The summed E-state index contributed by atoms with van der Waals surface area (Å²) in [5.41, 5.74) is 0.795. The van der Waals surface area contributed by atoms with Crippen LogP contribution in [0.15, 0.2) is 47.8 Å². The van der Waals surface area contributed by atoms with Crippen molar-refractivity contribution in [2.75, 3.05) is 19.8 Å². The lowest BCUT2D eigenvalue weighted by Crippen LogP contribution is -2.32. The largest absolute Gasteiger partial charge is 0.482 e. The zero-order valence-corrected chi connectivity index (χ0v) is 16.4. The van der Waals surface area contributed by atoms with Crippen LogP contribution in [0.2, 0.25) is 10.0 Å². The smallest absolute Gasteiger partial charge is 0.258 e. The predicted molar refractivity (Wildman–Crippen MR) is 106 cm³/mol. The van der Waals surface area contributed by atoms with Crippen molar-refractivity contribution in [3.63, 3.8) is 0 Å². The molecular weight excluding hydrogens is 409 g/mol. The molecule has 3 rings (SSSR count). The van der Waals surface area contributed by atoms with Gasteiger partial charge >= 0.3 is 0 Å². The summed E-state index contributed by atoms with van der Waals surface area (Å²) < 4.78 is 10.8. The molecule has 1 N–H and O–H groups in total. The van der Waals surface area contributed by atoms with Crippen LogP contribution in [0.1, 0.15) is 0 Å². The van der Waals surface area contributed by atoms with Gasteiger partial charge in [0, 0.05) is 11.1 Å². The van der Waals surface area contributed by atoms with Crippen LogP contribution in [-0.4, -0.2) is 35.9 Å². The fourth-order valence-corrected chi connectivity index (χ4v) is 3.24. The zero-order chi connectivity index (χ0) is 19.1. The van der Waals surface area contributed by atoms with Crippen molar-refractivity contribution >= 4 is 40.4 Å². The molecule has 3 aromatic rings. The third kappa shape index (κ3) is 5.82. The third-order valence-corrected chi connectivity index (χ3v) is 4.76. The molecule has 1 aromatic carbocycles. The number of benzene rings is 1. The molecule has 0 radical (unpaired) electrons. The first-order chi connectivity index (χ1) is 13.1. The van der Waals surface area contributed by atoms with Gasteiger partial charge in [-0.05, 0) is 35.7 Å². The van der Waals surface area contributed by atoms with Gasteiger partial charge in [0.15, 0.2) is 6.61 Å². The monoisotopic (exact) mass is 423 g/mol. The minimum Gasteiger partial charge on any atom is -0.482 e. The number of thiophene rings is 1. The Balaban J connectivity index is 1.36. The van der Waals surface area contributed by atoms with E-state index in [-0.39, 0.29) is 19.1 Å². The van der Waals surface area contributed by atoms with E-state index in [1.165, 1.54) is 0 Å². The van der Waals surface area contributed by atoms with E-state index >= 15 is 0 Å². The summed E-state index contributed by atoms with van der Waals surface area (Å²) in [5.74, 6) is 0.506. The topological polar surface area (TPSA) is 73.3 Å². The van der Waals surface area contributed by atoms with Crippen LogP contribution < -0.4 is 14.8 Å². The average molecular weight is 424 g/mol. The van der Waals surface area contributed by atoms with Crippen molar-refractivity contribution in [2.45, 2.75) is 0 Å². The first kappa shape index (κ1) is 19.4. The van der Waals surface area contributed by atoms with Crippen molar-refractivity contribution < 1.29 is 14.3 Å². The number of aromatic nitrogens is 2. The number of nitrogens with zero attached hydrogens (tertiary/aromatic N) is 2. The number of halogens is 2. The highest BCUT2D eigenvalue weighted by Crippen LogP contribution is 2.27. The van der Waals surface area contributed by atoms with Gasteiger partial charge in [-0.15, -0.1) is 21.5 Å². The van der Waals surface area contributed by atoms with E-state index in [9.17, 15) is 4.79 Å². The summed E-state index contributed by atoms with van der Waals surface area (Å²) in [6.07, 6.45) is 0. The summed E-state index contributed by atoms with van der Waals surface area (Å²) >= 11 is 13.4. The molecule has 0 aliphatic carbocycles. The number of hydrogen-bond donors (Lipinski definition) is 1. The SMILES string of the molecule is O=C(COc1ccc(Cl)cc1Cl)NCCOc1ccc(-c2cccs2)nn1. The number of rotatable bonds is 8. The molecule has 0 fully saturated rings. The second-order valence-corrected chi connectivity index (χ2v) is 7.09. The van der Waals surface area contributed by atoms with E-state index in [1.54, 1.807) is 35.6 Å². The lowest BCUT2D eigenvalue weighted by molar-refractivity contribution is -0.123. The summed E-state index contributed by atoms with van der Waals surface area (Å²) in [6.45, 7) is 0.419. The number of hydrogen-bond acceptors (Lipinski definition) is 6. The number of amides is 1. The number of ether oxygens (including phenoxy) is 2. The molecule has 0 bridgehead atoms. The van der Waals surface area contributed by atoms with Crippen LogP contribution in [0, 0.1) is 0 Å². The van der Waals surface area contributed by atoms with Crippen LogP contribution in [0.5, 0.6) is 11.6 Å². The van der Waals surface area contributed by atoms with Gasteiger partial charge in [-0.1, -0.05) is 29.3 Å². The lowest BCUT2D eigenvalue weighted by Gasteiger charge is -2.09. The van der Waals surface area contributed by atoms with E-state index in [2.05, 4.69) is 15.5 Å². The second kappa shape index (κ2) is 9.55. The van der Waals surface area contributed by atoms with Crippen molar-refractivity contribution in [2.24, 2.45) is 0 Å². The van der Waals surface area contributed by atoms with E-state index in [0.717, 1.165) is 10.6 Å². The Bertz CT molecular complexity index is 889. The fraction of sp³-hybridized carbons (Fsp3) is 0.167. The number of carbonyl (C=O) groups excluding carboxylic acids is 1. The van der Waals surface area contributed by atoms with Crippen molar-refractivity contribution in [3.05, 3.63) is 57.9 Å². The van der Waals surface area contributed by atoms with Gasteiger partial charge in [0.25, 0.3) is 5.91 Å². The lowest BCUT2D eigenvalue weighted by atomic mass is 10.3. The van der Waals surface area contributed by atoms with Crippen molar-refractivity contribution in [1.82, 2.24) is 15.5 Å². The molecule has 0 aliphatic rings. The maximum Gasteiger partial charge on any atom is 0.258 e. The maximum atomic E-state index is 11.8. The highest BCUT2D eigenvalue weighted by molar-refractivity contribution is 7.13. The molecule has 0 atom stereocenters. The van der Waals surface area contributed by atoms with Gasteiger partial charge in [0.1, 0.15) is 18.1 Å². The predicted octanol–water partition coefficient (Wildman–Crippen LogP) is 4.09. The molecule has 0 unspecified atom stereocenters. The van der Waals surface area contributed by atoms with Gasteiger partial charge in [-0.3, -0.25) is 4.79 Å². The van der Waals surface area contributed by atoms with Gasteiger partial charge in [0.05, 0.1) is 16.4 Å².